The van der Waals surface area contributed by atoms with E-state index in [1.165, 1.54) is 0 Å². The molecule has 0 heterocycles. The number of carbonyl (C=O) groups excluding carboxylic acids is 1. The lowest BCUT2D eigenvalue weighted by molar-refractivity contribution is -0.143. The van der Waals surface area contributed by atoms with E-state index in [4.69, 9.17) is 22.1 Å². The fourth-order valence-electron chi connectivity index (χ4n) is 1.60. The number of hydrogen-bond donors (Lipinski definition) is 1. The van der Waals surface area contributed by atoms with Crippen LogP contribution in [-0.4, -0.2) is 26.7 Å². The molecule has 1 atom stereocenters. The first-order valence-corrected chi connectivity index (χ1v) is 6.21. The molecule has 0 aliphatic heterocycles. The molecule has 0 fully saturated rings. The molecule has 1 rings (SSSR count). The molecule has 0 amide bonds. The van der Waals surface area contributed by atoms with E-state index in [9.17, 15) is 4.79 Å². The smallest absolute Gasteiger partial charge is 0.307 e. The molecular weight excluding hydrogens is 287 g/mol. The summed E-state index contributed by atoms with van der Waals surface area (Å²) in [6.07, 6.45) is 0.134. The summed E-state index contributed by atoms with van der Waals surface area (Å²) in [5.41, 5.74) is 7.71. The molecule has 108 valence electrons. The zero-order valence-corrected chi connectivity index (χ0v) is 12.9. The van der Waals surface area contributed by atoms with Crippen molar-refractivity contribution in [3.8, 4) is 0 Å². The predicted octanol–water partition coefficient (Wildman–Crippen LogP) is 2.78. The Bertz CT molecular complexity index is 425. The van der Waals surface area contributed by atoms with Crippen LogP contribution in [0.2, 0.25) is 5.02 Å². The van der Waals surface area contributed by atoms with Crippen molar-refractivity contribution in [2.45, 2.75) is 19.4 Å². The molecule has 0 radical (unpaired) electrons. The first kappa shape index (κ1) is 18.0. The van der Waals surface area contributed by atoms with Gasteiger partial charge in [0.1, 0.15) is 0 Å². The number of halogens is 2. The molecule has 1 aromatic rings. The summed E-state index contributed by atoms with van der Waals surface area (Å²) >= 11 is 6.17. The van der Waals surface area contributed by atoms with E-state index >= 15 is 0 Å². The second kappa shape index (κ2) is 8.25. The van der Waals surface area contributed by atoms with Gasteiger partial charge in [0.05, 0.1) is 13.0 Å². The number of ether oxygens (including phenoxy) is 1. The van der Waals surface area contributed by atoms with Gasteiger partial charge in [0, 0.05) is 30.8 Å². The molecule has 0 unspecified atom stereocenters. The van der Waals surface area contributed by atoms with Crippen LogP contribution in [0.25, 0.3) is 0 Å². The highest BCUT2D eigenvalue weighted by Crippen LogP contribution is 2.27. The Morgan fingerprint density at radius 1 is 1.47 bits per heavy atom. The number of hydrogen-bond acceptors (Lipinski definition) is 4. The van der Waals surface area contributed by atoms with Gasteiger partial charge in [-0.3, -0.25) is 4.79 Å². The van der Waals surface area contributed by atoms with E-state index in [1.54, 1.807) is 6.92 Å². The summed E-state index contributed by atoms with van der Waals surface area (Å²) in [5, 5.41) is 0.568. The van der Waals surface area contributed by atoms with Gasteiger partial charge in [-0.05, 0) is 24.6 Å². The Kier molecular flexibility index (Phi) is 7.83. The van der Waals surface area contributed by atoms with Crippen molar-refractivity contribution in [1.29, 1.82) is 0 Å². The van der Waals surface area contributed by atoms with E-state index in [0.717, 1.165) is 11.3 Å². The summed E-state index contributed by atoms with van der Waals surface area (Å²) in [5.74, 6) is -0.308. The van der Waals surface area contributed by atoms with Gasteiger partial charge in [0.2, 0.25) is 0 Å². The van der Waals surface area contributed by atoms with Crippen LogP contribution in [-0.2, 0) is 9.53 Å². The Morgan fingerprint density at radius 3 is 2.58 bits per heavy atom. The fraction of sp³-hybridized carbons (Fsp3) is 0.462. The summed E-state index contributed by atoms with van der Waals surface area (Å²) in [7, 11) is 3.87. The largest absolute Gasteiger partial charge is 0.466 e. The van der Waals surface area contributed by atoms with E-state index in [2.05, 4.69) is 0 Å². The van der Waals surface area contributed by atoms with Crippen LogP contribution in [0, 0.1) is 0 Å². The predicted molar refractivity (Wildman–Crippen MR) is 81.2 cm³/mol. The minimum absolute atomic E-state index is 0. The molecule has 19 heavy (non-hydrogen) atoms. The Hall–Kier alpha value is -0.970. The van der Waals surface area contributed by atoms with E-state index < -0.39 is 6.04 Å². The molecule has 0 aliphatic rings. The zero-order chi connectivity index (χ0) is 13.7. The van der Waals surface area contributed by atoms with Gasteiger partial charge in [-0.25, -0.2) is 0 Å². The number of benzene rings is 1. The van der Waals surface area contributed by atoms with Crippen molar-refractivity contribution in [2.24, 2.45) is 5.73 Å². The van der Waals surface area contributed by atoms with Crippen molar-refractivity contribution in [1.82, 2.24) is 0 Å². The lowest BCUT2D eigenvalue weighted by Gasteiger charge is -2.17. The molecule has 2 N–H and O–H groups in total. The molecule has 0 aromatic heterocycles. The van der Waals surface area contributed by atoms with Gasteiger partial charge in [0.25, 0.3) is 0 Å². The quantitative estimate of drug-likeness (QED) is 0.850. The summed E-state index contributed by atoms with van der Waals surface area (Å²) in [6.45, 7) is 2.13. The maximum atomic E-state index is 11.4. The summed E-state index contributed by atoms with van der Waals surface area (Å²) < 4.78 is 4.87. The zero-order valence-electron chi connectivity index (χ0n) is 11.4. The number of nitrogens with two attached hydrogens (primary N) is 1. The molecule has 0 spiro atoms. The van der Waals surface area contributed by atoms with Crippen LogP contribution in [0.3, 0.4) is 0 Å². The highest BCUT2D eigenvalue weighted by molar-refractivity contribution is 6.31. The van der Waals surface area contributed by atoms with Gasteiger partial charge < -0.3 is 15.4 Å². The van der Waals surface area contributed by atoms with Crippen molar-refractivity contribution in [3.05, 3.63) is 28.8 Å². The van der Waals surface area contributed by atoms with Crippen LogP contribution < -0.4 is 10.6 Å². The van der Waals surface area contributed by atoms with Crippen LogP contribution in [0.5, 0.6) is 0 Å². The van der Waals surface area contributed by atoms with E-state index in [0.29, 0.717) is 11.6 Å². The first-order valence-electron chi connectivity index (χ1n) is 5.83. The molecular formula is C13H20Cl2N2O2. The molecule has 0 saturated heterocycles. The van der Waals surface area contributed by atoms with Crippen LogP contribution >= 0.6 is 24.0 Å². The second-order valence-corrected chi connectivity index (χ2v) is 4.62. The number of esters is 1. The Balaban J connectivity index is 0.00000324. The second-order valence-electron chi connectivity index (χ2n) is 4.22. The van der Waals surface area contributed by atoms with E-state index in [1.807, 2.05) is 37.2 Å². The minimum Gasteiger partial charge on any atom is -0.466 e. The van der Waals surface area contributed by atoms with Crippen LogP contribution in [0.1, 0.15) is 24.9 Å². The monoisotopic (exact) mass is 306 g/mol. The van der Waals surface area contributed by atoms with Gasteiger partial charge >= 0.3 is 5.97 Å². The molecule has 1 aromatic carbocycles. The summed E-state index contributed by atoms with van der Waals surface area (Å²) in [6, 6.07) is 5.17. The highest BCUT2D eigenvalue weighted by atomic mass is 35.5. The maximum Gasteiger partial charge on any atom is 0.307 e. The molecule has 0 aliphatic carbocycles. The number of anilines is 1. The average Bonchev–Trinajstić information content (AvgIpc) is 2.28. The van der Waals surface area contributed by atoms with Crippen molar-refractivity contribution < 1.29 is 9.53 Å². The lowest BCUT2D eigenvalue weighted by Crippen LogP contribution is -2.18. The first-order chi connectivity index (χ1) is 8.45. The SMILES string of the molecule is CCOC(=O)C[C@@H](N)c1ccc(N(C)C)cc1Cl.Cl. The third kappa shape index (κ3) is 5.27. The molecule has 4 nitrogen and oxygen atoms in total. The van der Waals surface area contributed by atoms with Crippen LogP contribution in [0.15, 0.2) is 18.2 Å². The maximum absolute atomic E-state index is 11.4. The number of rotatable bonds is 5. The minimum atomic E-state index is -0.437. The third-order valence-electron chi connectivity index (χ3n) is 2.59. The van der Waals surface area contributed by atoms with Gasteiger partial charge in [0.15, 0.2) is 0 Å². The van der Waals surface area contributed by atoms with Crippen molar-refractivity contribution in [3.63, 3.8) is 0 Å². The topological polar surface area (TPSA) is 55.6 Å². The number of nitrogens with zero attached hydrogens (tertiary/aromatic N) is 1. The van der Waals surface area contributed by atoms with Crippen molar-refractivity contribution >= 4 is 35.7 Å². The lowest BCUT2D eigenvalue weighted by atomic mass is 10.0. The standard InChI is InChI=1S/C13H19ClN2O2.ClH/c1-4-18-13(17)8-12(15)10-6-5-9(16(2)3)7-11(10)14;/h5-7,12H,4,8,15H2,1-3H3;1H/t12-;/m1./s1. The van der Waals surface area contributed by atoms with E-state index in [-0.39, 0.29) is 24.8 Å². The highest BCUT2D eigenvalue weighted by Gasteiger charge is 2.15. The number of carbonyl (C=O) groups is 1. The van der Waals surface area contributed by atoms with Gasteiger partial charge in [-0.2, -0.15) is 0 Å². The molecule has 0 saturated carbocycles. The summed E-state index contributed by atoms with van der Waals surface area (Å²) in [4.78, 5) is 13.3. The molecule has 0 bridgehead atoms. The Labute approximate surface area is 125 Å². The van der Waals surface area contributed by atoms with Gasteiger partial charge in [-0.1, -0.05) is 17.7 Å². The average molecular weight is 307 g/mol. The van der Waals surface area contributed by atoms with Crippen molar-refractivity contribution in [2.75, 3.05) is 25.6 Å². The van der Waals surface area contributed by atoms with Gasteiger partial charge in [-0.15, -0.1) is 12.4 Å². The van der Waals surface area contributed by atoms with Crippen LogP contribution in [0.4, 0.5) is 5.69 Å². The Morgan fingerprint density at radius 2 is 2.11 bits per heavy atom. The molecule has 6 heteroatoms. The normalized spacial score (nSPS) is 11.4. The third-order valence-corrected chi connectivity index (χ3v) is 2.92. The fourth-order valence-corrected chi connectivity index (χ4v) is 1.92.